The summed E-state index contributed by atoms with van der Waals surface area (Å²) in [4.78, 5) is 15.9. The number of hydrogen-bond donors (Lipinski definition) is 2. The van der Waals surface area contributed by atoms with E-state index in [1.165, 1.54) is 0 Å². The molecular weight excluding hydrogens is 382 g/mol. The summed E-state index contributed by atoms with van der Waals surface area (Å²) in [6.07, 6.45) is 5.23. The molecule has 1 aliphatic carbocycles. The van der Waals surface area contributed by atoms with Crippen molar-refractivity contribution < 1.29 is 9.53 Å². The highest BCUT2D eigenvalue weighted by atomic mass is 79.9. The maximum absolute atomic E-state index is 11.8. The topological polar surface area (TPSA) is 63.2 Å². The summed E-state index contributed by atoms with van der Waals surface area (Å²) in [5.41, 5.74) is 0.488. The zero-order valence-corrected chi connectivity index (χ0v) is 16.0. The highest BCUT2D eigenvalue weighted by molar-refractivity contribution is 9.10. The van der Waals surface area contributed by atoms with Gasteiger partial charge in [0.1, 0.15) is 10.8 Å². The molecule has 5 nitrogen and oxygen atoms in total. The van der Waals surface area contributed by atoms with Gasteiger partial charge in [-0.05, 0) is 68.5 Å². The normalized spacial score (nSPS) is 21.6. The molecule has 0 aliphatic heterocycles. The van der Waals surface area contributed by atoms with E-state index in [1.807, 2.05) is 26.8 Å². The summed E-state index contributed by atoms with van der Waals surface area (Å²) in [5, 5.41) is 6.88. The first kappa shape index (κ1) is 18.3. The van der Waals surface area contributed by atoms with Crippen LogP contribution in [0, 0.1) is 0 Å². The SMILES string of the molecule is CC(C)(C)OC(=O)NC1CCC(Nc2cnc(Cl)c(Br)c2)CC1. The number of amides is 1. The molecule has 7 heteroatoms. The Bertz CT molecular complexity index is 555. The van der Waals surface area contributed by atoms with Crippen LogP contribution in [0.4, 0.5) is 10.5 Å². The van der Waals surface area contributed by atoms with Gasteiger partial charge in [-0.15, -0.1) is 0 Å². The van der Waals surface area contributed by atoms with E-state index in [0.717, 1.165) is 35.8 Å². The second-order valence-electron chi connectivity index (χ2n) is 6.84. The van der Waals surface area contributed by atoms with Crippen LogP contribution >= 0.6 is 27.5 Å². The lowest BCUT2D eigenvalue weighted by atomic mass is 9.91. The van der Waals surface area contributed by atoms with Crippen LogP contribution < -0.4 is 10.6 Å². The largest absolute Gasteiger partial charge is 0.444 e. The Morgan fingerprint density at radius 2 is 1.91 bits per heavy atom. The number of anilines is 1. The van der Waals surface area contributed by atoms with Crippen molar-refractivity contribution >= 4 is 39.3 Å². The maximum Gasteiger partial charge on any atom is 0.407 e. The monoisotopic (exact) mass is 403 g/mol. The molecule has 1 fully saturated rings. The van der Waals surface area contributed by atoms with E-state index in [-0.39, 0.29) is 12.1 Å². The third-order valence-corrected chi connectivity index (χ3v) is 4.75. The Morgan fingerprint density at radius 1 is 1.30 bits per heavy atom. The molecule has 0 saturated heterocycles. The molecule has 0 aromatic carbocycles. The first-order chi connectivity index (χ1) is 10.7. The van der Waals surface area contributed by atoms with Crippen molar-refractivity contribution in [1.82, 2.24) is 10.3 Å². The van der Waals surface area contributed by atoms with Crippen LogP contribution in [0.5, 0.6) is 0 Å². The molecule has 0 atom stereocenters. The predicted octanol–water partition coefficient (Wildman–Crippen LogP) is 4.75. The zero-order valence-electron chi connectivity index (χ0n) is 13.7. The lowest BCUT2D eigenvalue weighted by molar-refractivity contribution is 0.0492. The molecule has 1 saturated carbocycles. The molecule has 23 heavy (non-hydrogen) atoms. The minimum atomic E-state index is -0.461. The second-order valence-corrected chi connectivity index (χ2v) is 8.05. The van der Waals surface area contributed by atoms with Crippen LogP contribution in [-0.4, -0.2) is 28.8 Å². The van der Waals surface area contributed by atoms with Gasteiger partial charge in [0.2, 0.25) is 0 Å². The molecule has 1 aromatic heterocycles. The minimum absolute atomic E-state index is 0.179. The molecule has 2 N–H and O–H groups in total. The van der Waals surface area contributed by atoms with Gasteiger partial charge >= 0.3 is 6.09 Å². The van der Waals surface area contributed by atoms with Crippen molar-refractivity contribution in [3.63, 3.8) is 0 Å². The highest BCUT2D eigenvalue weighted by Gasteiger charge is 2.24. The molecule has 0 bridgehead atoms. The number of carbonyl (C=O) groups excluding carboxylic acids is 1. The molecule has 0 radical (unpaired) electrons. The van der Waals surface area contributed by atoms with Gasteiger partial charge in [-0.2, -0.15) is 0 Å². The fourth-order valence-corrected chi connectivity index (χ4v) is 3.04. The quantitative estimate of drug-likeness (QED) is 0.714. The Kier molecular flexibility index (Phi) is 6.14. The first-order valence-corrected chi connectivity index (χ1v) is 8.97. The lowest BCUT2D eigenvalue weighted by Gasteiger charge is -2.31. The van der Waals surface area contributed by atoms with E-state index < -0.39 is 5.60 Å². The Hall–Kier alpha value is -1.01. The van der Waals surface area contributed by atoms with E-state index in [1.54, 1.807) is 6.20 Å². The highest BCUT2D eigenvalue weighted by Crippen LogP contribution is 2.26. The van der Waals surface area contributed by atoms with Crippen molar-refractivity contribution in [3.05, 3.63) is 21.9 Å². The molecule has 1 amide bonds. The number of hydrogen-bond acceptors (Lipinski definition) is 4. The summed E-state index contributed by atoms with van der Waals surface area (Å²) in [6.45, 7) is 5.60. The van der Waals surface area contributed by atoms with Crippen molar-refractivity contribution in [1.29, 1.82) is 0 Å². The maximum atomic E-state index is 11.8. The summed E-state index contributed by atoms with van der Waals surface area (Å²) >= 11 is 9.27. The number of nitrogens with one attached hydrogen (secondary N) is 2. The van der Waals surface area contributed by atoms with Gasteiger partial charge in [-0.1, -0.05) is 11.6 Å². The summed E-state index contributed by atoms with van der Waals surface area (Å²) in [5.74, 6) is 0. The van der Waals surface area contributed by atoms with Crippen LogP contribution in [0.1, 0.15) is 46.5 Å². The number of ether oxygens (including phenoxy) is 1. The molecule has 128 valence electrons. The molecule has 0 unspecified atom stereocenters. The number of nitrogens with zero attached hydrogens (tertiary/aromatic N) is 1. The standard InChI is InChI=1S/C16H23BrClN3O2/c1-16(2,3)23-15(22)21-11-6-4-10(5-7-11)20-12-8-13(17)14(18)19-9-12/h8-11,20H,4-7H2,1-3H3,(H,21,22). The number of alkyl carbamates (subject to hydrolysis) is 1. The third-order valence-electron chi connectivity index (χ3n) is 3.62. The first-order valence-electron chi connectivity index (χ1n) is 7.80. The fraction of sp³-hybridized carbons (Fsp3) is 0.625. The molecule has 1 aromatic rings. The Morgan fingerprint density at radius 3 is 2.48 bits per heavy atom. The van der Waals surface area contributed by atoms with Crippen molar-refractivity contribution in [3.8, 4) is 0 Å². The van der Waals surface area contributed by atoms with E-state index in [4.69, 9.17) is 16.3 Å². The third kappa shape index (κ3) is 6.18. The number of pyridine rings is 1. The zero-order chi connectivity index (χ0) is 17.0. The molecule has 1 aliphatic rings. The van der Waals surface area contributed by atoms with Crippen LogP contribution in [-0.2, 0) is 4.74 Å². The molecule has 0 spiro atoms. The molecular formula is C16H23BrClN3O2. The molecule has 1 heterocycles. The minimum Gasteiger partial charge on any atom is -0.444 e. The van der Waals surface area contributed by atoms with Gasteiger partial charge in [-0.3, -0.25) is 0 Å². The van der Waals surface area contributed by atoms with Crippen molar-refractivity contribution in [2.24, 2.45) is 0 Å². The van der Waals surface area contributed by atoms with Gasteiger partial charge in [0.15, 0.2) is 0 Å². The average Bonchev–Trinajstić information content (AvgIpc) is 2.43. The Labute approximate surface area is 150 Å². The van der Waals surface area contributed by atoms with E-state index in [2.05, 4.69) is 31.5 Å². The summed E-state index contributed by atoms with van der Waals surface area (Å²) in [7, 11) is 0. The summed E-state index contributed by atoms with van der Waals surface area (Å²) in [6, 6.07) is 2.49. The Balaban J connectivity index is 1.77. The van der Waals surface area contributed by atoms with Crippen LogP contribution in [0.3, 0.4) is 0 Å². The van der Waals surface area contributed by atoms with Gasteiger partial charge in [0.05, 0.1) is 16.4 Å². The predicted molar refractivity (Wildman–Crippen MR) is 96.0 cm³/mol. The lowest BCUT2D eigenvalue weighted by Crippen LogP contribution is -2.42. The average molecular weight is 405 g/mol. The van der Waals surface area contributed by atoms with Crippen LogP contribution in [0.25, 0.3) is 0 Å². The van der Waals surface area contributed by atoms with E-state index in [0.29, 0.717) is 11.2 Å². The van der Waals surface area contributed by atoms with Crippen LogP contribution in [0.2, 0.25) is 5.15 Å². The van der Waals surface area contributed by atoms with E-state index >= 15 is 0 Å². The smallest absolute Gasteiger partial charge is 0.407 e. The number of carbonyl (C=O) groups is 1. The van der Waals surface area contributed by atoms with Crippen molar-refractivity contribution in [2.45, 2.75) is 64.1 Å². The molecule has 2 rings (SSSR count). The van der Waals surface area contributed by atoms with Gasteiger partial charge in [0.25, 0.3) is 0 Å². The van der Waals surface area contributed by atoms with Gasteiger partial charge < -0.3 is 15.4 Å². The number of aromatic nitrogens is 1. The van der Waals surface area contributed by atoms with E-state index in [9.17, 15) is 4.79 Å². The van der Waals surface area contributed by atoms with Crippen LogP contribution in [0.15, 0.2) is 16.7 Å². The summed E-state index contributed by atoms with van der Waals surface area (Å²) < 4.78 is 6.08. The van der Waals surface area contributed by atoms with Gasteiger partial charge in [-0.25, -0.2) is 9.78 Å². The van der Waals surface area contributed by atoms with Crippen molar-refractivity contribution in [2.75, 3.05) is 5.32 Å². The number of halogens is 2. The second kappa shape index (κ2) is 7.71. The van der Waals surface area contributed by atoms with Gasteiger partial charge in [0, 0.05) is 12.1 Å². The fourth-order valence-electron chi connectivity index (χ4n) is 2.59. The number of rotatable bonds is 3.